The van der Waals surface area contributed by atoms with Crippen molar-refractivity contribution in [1.82, 2.24) is 5.32 Å². The van der Waals surface area contributed by atoms with Gasteiger partial charge in [0.2, 0.25) is 5.91 Å². The largest absolute Gasteiger partial charge is 0.454 e. The average Bonchev–Trinajstić information content (AvgIpc) is 3.41. The van der Waals surface area contributed by atoms with Gasteiger partial charge < -0.3 is 45.1 Å². The molecule has 0 aromatic carbocycles. The zero-order valence-corrected chi connectivity index (χ0v) is 46.9. The molecule has 6 N–H and O–H groups in total. The number of aliphatic hydroxyl groups excluding tert-OH is 5. The SMILES string of the molecule is CC/C=C\C/C=C\C/C=C\C/C=C\C/C=C\CCCCCCC(O)C(=O)NC(COC1OC(CO)C(O)C(O)C1OC(=O)CCCCCCC\C=C/C=C/C=C/C=C/CC)C(O)/C=C/CCCCCCCCCCC. The highest BCUT2D eigenvalue weighted by molar-refractivity contribution is 5.80. The molecule has 75 heavy (non-hydrogen) atoms. The van der Waals surface area contributed by atoms with Crippen LogP contribution in [-0.2, 0) is 23.8 Å². The minimum Gasteiger partial charge on any atom is -0.454 e. The van der Waals surface area contributed by atoms with Crippen molar-refractivity contribution in [2.75, 3.05) is 13.2 Å². The first-order valence-electron chi connectivity index (χ1n) is 29.4. The van der Waals surface area contributed by atoms with Crippen molar-refractivity contribution < 1.29 is 49.3 Å². The van der Waals surface area contributed by atoms with Crippen LogP contribution in [0.4, 0.5) is 0 Å². The Kier molecular flexibility index (Phi) is 46.8. The number of unbranched alkanes of at least 4 members (excludes halogenated alkanes) is 18. The van der Waals surface area contributed by atoms with Gasteiger partial charge in [-0.2, -0.15) is 0 Å². The Balaban J connectivity index is 2.73. The molecule has 1 fully saturated rings. The van der Waals surface area contributed by atoms with Crippen LogP contribution in [0.3, 0.4) is 0 Å². The summed E-state index contributed by atoms with van der Waals surface area (Å²) in [7, 11) is 0. The van der Waals surface area contributed by atoms with Gasteiger partial charge in [-0.25, -0.2) is 0 Å². The van der Waals surface area contributed by atoms with Crippen LogP contribution in [0.1, 0.15) is 207 Å². The van der Waals surface area contributed by atoms with Gasteiger partial charge in [0.25, 0.3) is 0 Å². The molecular formula is C64H105NO10. The molecule has 11 heteroatoms. The topological polar surface area (TPSA) is 175 Å². The molecule has 426 valence electrons. The Bertz CT molecular complexity index is 1680. The maximum absolute atomic E-state index is 13.4. The van der Waals surface area contributed by atoms with Gasteiger partial charge in [-0.1, -0.05) is 232 Å². The fourth-order valence-electron chi connectivity index (χ4n) is 8.33. The molecule has 0 saturated carbocycles. The zero-order valence-electron chi connectivity index (χ0n) is 46.9. The lowest BCUT2D eigenvalue weighted by Gasteiger charge is -2.41. The van der Waals surface area contributed by atoms with Gasteiger partial charge in [0.1, 0.15) is 24.4 Å². The van der Waals surface area contributed by atoms with Gasteiger partial charge in [0, 0.05) is 6.42 Å². The van der Waals surface area contributed by atoms with Gasteiger partial charge in [0.15, 0.2) is 12.4 Å². The normalized spacial score (nSPS) is 20.1. The van der Waals surface area contributed by atoms with Crippen LogP contribution in [0.15, 0.2) is 122 Å². The summed E-state index contributed by atoms with van der Waals surface area (Å²) in [6, 6.07) is -1.05. The van der Waals surface area contributed by atoms with E-state index in [2.05, 4.69) is 99.0 Å². The third kappa shape index (κ3) is 39.1. The van der Waals surface area contributed by atoms with Crippen molar-refractivity contribution in [3.8, 4) is 0 Å². The van der Waals surface area contributed by atoms with Gasteiger partial charge in [-0.05, 0) is 89.9 Å². The Labute approximate surface area is 455 Å². The molecular weight excluding hydrogens is 943 g/mol. The predicted molar refractivity (Wildman–Crippen MR) is 310 cm³/mol. The Morgan fingerprint density at radius 2 is 1.03 bits per heavy atom. The molecule has 0 spiro atoms. The quantitative estimate of drug-likeness (QED) is 0.0149. The fourth-order valence-corrected chi connectivity index (χ4v) is 8.33. The van der Waals surface area contributed by atoms with Gasteiger partial charge in [0.05, 0.1) is 25.4 Å². The van der Waals surface area contributed by atoms with Crippen LogP contribution in [0.2, 0.25) is 0 Å². The first-order chi connectivity index (χ1) is 36.7. The third-order valence-electron chi connectivity index (χ3n) is 13.0. The molecule has 1 saturated heterocycles. The number of hydrogen-bond donors (Lipinski definition) is 6. The Morgan fingerprint density at radius 3 is 1.60 bits per heavy atom. The maximum atomic E-state index is 13.4. The summed E-state index contributed by atoms with van der Waals surface area (Å²) in [5.74, 6) is -1.25. The molecule has 8 unspecified atom stereocenters. The number of carbonyl (C=O) groups excluding carboxylic acids is 2. The molecule has 0 bridgehead atoms. The maximum Gasteiger partial charge on any atom is 0.306 e. The van der Waals surface area contributed by atoms with E-state index in [1.807, 2.05) is 42.5 Å². The summed E-state index contributed by atoms with van der Waals surface area (Å²) < 4.78 is 17.5. The Morgan fingerprint density at radius 1 is 0.547 bits per heavy atom. The van der Waals surface area contributed by atoms with Crippen LogP contribution in [0.25, 0.3) is 0 Å². The van der Waals surface area contributed by atoms with Crippen molar-refractivity contribution in [3.05, 3.63) is 122 Å². The van der Waals surface area contributed by atoms with E-state index >= 15 is 0 Å². The average molecular weight is 1050 g/mol. The number of nitrogens with one attached hydrogen (secondary N) is 1. The lowest BCUT2D eigenvalue weighted by molar-refractivity contribution is -0.305. The summed E-state index contributed by atoms with van der Waals surface area (Å²) in [6.07, 6.45) is 59.5. The van der Waals surface area contributed by atoms with Crippen LogP contribution >= 0.6 is 0 Å². The highest BCUT2D eigenvalue weighted by Gasteiger charge is 2.47. The molecule has 1 heterocycles. The summed E-state index contributed by atoms with van der Waals surface area (Å²) in [6.45, 7) is 5.48. The summed E-state index contributed by atoms with van der Waals surface area (Å²) in [4.78, 5) is 26.5. The first-order valence-corrected chi connectivity index (χ1v) is 29.4. The van der Waals surface area contributed by atoms with Crippen molar-refractivity contribution in [2.45, 2.75) is 256 Å². The number of amides is 1. The van der Waals surface area contributed by atoms with Crippen molar-refractivity contribution >= 4 is 11.9 Å². The van der Waals surface area contributed by atoms with E-state index < -0.39 is 67.4 Å². The van der Waals surface area contributed by atoms with Crippen molar-refractivity contribution in [2.24, 2.45) is 0 Å². The van der Waals surface area contributed by atoms with Crippen molar-refractivity contribution in [3.63, 3.8) is 0 Å². The molecule has 0 aliphatic carbocycles. The number of hydrogen-bond acceptors (Lipinski definition) is 10. The first kappa shape index (κ1) is 69.1. The molecule has 1 amide bonds. The molecule has 0 aromatic rings. The molecule has 0 radical (unpaired) electrons. The number of carbonyl (C=O) groups is 2. The standard InChI is InChI=1S/C64H105NO10/c1-4-7-10-13-16-19-22-24-26-27-28-29-30-32-33-36-39-42-45-48-51-57(68)63(72)65-55(56(67)50-47-44-41-38-35-21-18-15-12-9-6-3)54-73-64-62(61(71)60(70)58(53-66)74-64)75-59(69)52-49-46-43-40-37-34-31-25-23-20-17-14-11-8-5-2/h7-8,10-11,14,16-17,19-20,23-26,28-29,31-33,47,50,55-58,60-62,64,66-68,70-71H,4-6,9,12-13,15,18,21-22,27,30,34-46,48-49,51-54H2,1-3H3,(H,65,72)/b10-7-,11-8+,17-14+,19-16-,23-20+,26-24-,29-28-,31-25-,33-32-,50-47+. The fraction of sp³-hybridized carbons (Fsp3) is 0.656. The molecule has 1 aliphatic heterocycles. The van der Waals surface area contributed by atoms with Gasteiger partial charge in [-0.3, -0.25) is 9.59 Å². The number of esters is 1. The van der Waals surface area contributed by atoms with Gasteiger partial charge >= 0.3 is 5.97 Å². The predicted octanol–water partition coefficient (Wildman–Crippen LogP) is 13.5. The second-order valence-corrected chi connectivity index (χ2v) is 19.7. The van der Waals surface area contributed by atoms with E-state index in [1.165, 1.54) is 38.5 Å². The second kappa shape index (κ2) is 50.9. The third-order valence-corrected chi connectivity index (χ3v) is 13.0. The minimum absolute atomic E-state index is 0.0878. The summed E-state index contributed by atoms with van der Waals surface area (Å²) >= 11 is 0. The Hall–Kier alpha value is -3.94. The summed E-state index contributed by atoms with van der Waals surface area (Å²) in [5.41, 5.74) is 0. The monoisotopic (exact) mass is 1050 g/mol. The summed E-state index contributed by atoms with van der Waals surface area (Å²) in [5, 5.41) is 56.8. The van der Waals surface area contributed by atoms with E-state index in [4.69, 9.17) is 14.2 Å². The number of aliphatic hydroxyl groups is 5. The van der Waals surface area contributed by atoms with E-state index in [0.717, 1.165) is 122 Å². The number of ether oxygens (including phenoxy) is 3. The number of rotatable bonds is 47. The van der Waals surface area contributed by atoms with Crippen LogP contribution in [0.5, 0.6) is 0 Å². The second-order valence-electron chi connectivity index (χ2n) is 19.7. The molecule has 0 aromatic heterocycles. The van der Waals surface area contributed by atoms with Crippen LogP contribution < -0.4 is 5.32 Å². The van der Waals surface area contributed by atoms with Crippen LogP contribution in [-0.4, -0.2) is 99.6 Å². The van der Waals surface area contributed by atoms with Crippen LogP contribution in [0, 0.1) is 0 Å². The molecule has 11 nitrogen and oxygen atoms in total. The lowest BCUT2D eigenvalue weighted by Crippen LogP contribution is -2.61. The van der Waals surface area contributed by atoms with Gasteiger partial charge in [-0.15, -0.1) is 0 Å². The molecule has 1 aliphatic rings. The molecule has 1 rings (SSSR count). The van der Waals surface area contributed by atoms with E-state index in [9.17, 15) is 35.1 Å². The number of allylic oxidation sites excluding steroid dienone is 19. The van der Waals surface area contributed by atoms with E-state index in [1.54, 1.807) is 6.08 Å². The molecule has 8 atom stereocenters. The lowest BCUT2D eigenvalue weighted by atomic mass is 9.99. The minimum atomic E-state index is -1.63. The highest BCUT2D eigenvalue weighted by atomic mass is 16.7. The van der Waals surface area contributed by atoms with Crippen molar-refractivity contribution in [1.29, 1.82) is 0 Å². The zero-order chi connectivity index (χ0) is 54.7. The van der Waals surface area contributed by atoms with E-state index in [-0.39, 0.29) is 19.4 Å². The smallest absolute Gasteiger partial charge is 0.306 e. The van der Waals surface area contributed by atoms with E-state index in [0.29, 0.717) is 12.8 Å². The highest BCUT2D eigenvalue weighted by Crippen LogP contribution is 2.26.